The Kier molecular flexibility index (Phi) is 7.90. The summed E-state index contributed by atoms with van der Waals surface area (Å²) in [5.74, 6) is 0. The Morgan fingerprint density at radius 1 is 0.909 bits per heavy atom. The molecule has 0 aliphatic heterocycles. The van der Waals surface area contributed by atoms with E-state index in [-0.39, 0.29) is 19.5 Å². The minimum absolute atomic E-state index is 0. The van der Waals surface area contributed by atoms with Crippen LogP contribution in [-0.4, -0.2) is 9.97 Å². The monoisotopic (exact) mass is 232 g/mol. The van der Waals surface area contributed by atoms with Gasteiger partial charge in [0.15, 0.2) is 0 Å². The van der Waals surface area contributed by atoms with Gasteiger partial charge in [0.2, 0.25) is 0 Å². The van der Waals surface area contributed by atoms with E-state index < -0.39 is 0 Å². The van der Waals surface area contributed by atoms with Gasteiger partial charge in [0.05, 0.1) is 0 Å². The van der Waals surface area contributed by atoms with Crippen LogP contribution in [0.3, 0.4) is 0 Å². The van der Waals surface area contributed by atoms with Crippen molar-refractivity contribution in [2.45, 2.75) is 0 Å². The van der Waals surface area contributed by atoms with Gasteiger partial charge in [-0.05, 0) is 11.0 Å². The van der Waals surface area contributed by atoms with Crippen molar-refractivity contribution in [1.29, 1.82) is 0 Å². The first kappa shape index (κ1) is 10.9. The smallest absolute Gasteiger partial charge is 0.394 e. The van der Waals surface area contributed by atoms with Gasteiger partial charge in [-0.15, -0.1) is 23.2 Å². The third-order valence-electron chi connectivity index (χ3n) is 0.618. The molecule has 0 spiro atoms. The summed E-state index contributed by atoms with van der Waals surface area (Å²) in [6.07, 6.45) is 3.43. The zero-order chi connectivity index (χ0) is 7.07. The van der Waals surface area contributed by atoms with Gasteiger partial charge in [-0.2, -0.15) is 0 Å². The molecule has 2 aromatic rings. The van der Waals surface area contributed by atoms with Crippen molar-refractivity contribution < 1.29 is 19.5 Å². The SMILES string of the molecule is [Zn+2].[c-]1nccs1.[c-]1nccs1. The summed E-state index contributed by atoms with van der Waals surface area (Å²) in [7, 11) is 0. The molecule has 0 bridgehead atoms. The number of hydrogen-bond acceptors (Lipinski definition) is 4. The molecule has 5 heteroatoms. The molecule has 0 N–H and O–H groups in total. The first-order valence-corrected chi connectivity index (χ1v) is 4.27. The van der Waals surface area contributed by atoms with Crippen LogP contribution in [0.25, 0.3) is 0 Å². The van der Waals surface area contributed by atoms with Gasteiger partial charge in [-0.3, -0.25) is 22.7 Å². The number of thiazole rings is 2. The maximum absolute atomic E-state index is 3.62. The van der Waals surface area contributed by atoms with E-state index >= 15 is 0 Å². The van der Waals surface area contributed by atoms with E-state index in [9.17, 15) is 0 Å². The Labute approximate surface area is 86.1 Å². The van der Waals surface area contributed by atoms with Crippen LogP contribution >= 0.6 is 22.7 Å². The van der Waals surface area contributed by atoms with Crippen molar-refractivity contribution in [2.75, 3.05) is 0 Å². The summed E-state index contributed by atoms with van der Waals surface area (Å²) in [6.45, 7) is 0. The second kappa shape index (κ2) is 7.98. The number of nitrogens with zero attached hydrogens (tertiary/aromatic N) is 2. The van der Waals surface area contributed by atoms with Crippen LogP contribution in [0.1, 0.15) is 0 Å². The molecule has 52 valence electrons. The standard InChI is InChI=1S/2C3H2NS.Zn/c2*1-2-5-3-4-1;/h2*1-2H;/q2*-1;+2. The minimum atomic E-state index is 0. The molecule has 11 heavy (non-hydrogen) atoms. The van der Waals surface area contributed by atoms with Gasteiger partial charge in [0, 0.05) is 0 Å². The van der Waals surface area contributed by atoms with Crippen molar-refractivity contribution in [1.82, 2.24) is 9.97 Å². The first-order valence-electron chi connectivity index (χ1n) is 2.51. The zero-order valence-corrected chi connectivity index (χ0v) is 10.3. The van der Waals surface area contributed by atoms with Crippen molar-refractivity contribution >= 4 is 22.7 Å². The van der Waals surface area contributed by atoms with Gasteiger partial charge in [0.25, 0.3) is 0 Å². The van der Waals surface area contributed by atoms with Crippen molar-refractivity contribution in [2.24, 2.45) is 0 Å². The van der Waals surface area contributed by atoms with Gasteiger partial charge in [0.1, 0.15) is 0 Å². The van der Waals surface area contributed by atoms with E-state index in [1.54, 1.807) is 12.4 Å². The first-order chi connectivity index (χ1) is 5.00. The summed E-state index contributed by atoms with van der Waals surface area (Å²) < 4.78 is 0. The molecule has 0 radical (unpaired) electrons. The van der Waals surface area contributed by atoms with E-state index in [2.05, 4.69) is 21.0 Å². The molecule has 0 atom stereocenters. The van der Waals surface area contributed by atoms with E-state index in [1.807, 2.05) is 10.8 Å². The third-order valence-corrected chi connectivity index (χ3v) is 1.55. The van der Waals surface area contributed by atoms with Crippen molar-refractivity contribution in [3.05, 3.63) is 34.2 Å². The van der Waals surface area contributed by atoms with Crippen LogP contribution in [0.5, 0.6) is 0 Å². The molecule has 0 saturated heterocycles. The number of rotatable bonds is 0. The van der Waals surface area contributed by atoms with E-state index in [0.29, 0.717) is 0 Å². The molecule has 0 fully saturated rings. The van der Waals surface area contributed by atoms with Crippen molar-refractivity contribution in [3.63, 3.8) is 0 Å². The van der Waals surface area contributed by atoms with Crippen LogP contribution in [0.2, 0.25) is 0 Å². The topological polar surface area (TPSA) is 25.8 Å². The average molecular weight is 234 g/mol. The maximum atomic E-state index is 3.62. The molecular weight excluding hydrogens is 230 g/mol. The summed E-state index contributed by atoms with van der Waals surface area (Å²) in [6, 6.07) is 0. The molecule has 2 rings (SSSR count). The molecule has 0 aliphatic rings. The fourth-order valence-electron chi connectivity index (χ4n) is 0.304. The normalized spacial score (nSPS) is 7.27. The largest absolute Gasteiger partial charge is 2.00 e. The predicted octanol–water partition coefficient (Wildman–Crippen LogP) is 1.88. The third kappa shape index (κ3) is 6.29. The Morgan fingerprint density at radius 2 is 1.36 bits per heavy atom. The number of hydrogen-bond donors (Lipinski definition) is 0. The maximum Gasteiger partial charge on any atom is 2.00 e. The van der Waals surface area contributed by atoms with Crippen LogP contribution < -0.4 is 0 Å². The van der Waals surface area contributed by atoms with Gasteiger partial charge < -0.3 is 9.97 Å². The van der Waals surface area contributed by atoms with Crippen LogP contribution in [-0.2, 0) is 19.5 Å². The van der Waals surface area contributed by atoms with Crippen LogP contribution in [0.15, 0.2) is 23.2 Å². The summed E-state index contributed by atoms with van der Waals surface area (Å²) >= 11 is 2.95. The fourth-order valence-corrected chi connectivity index (χ4v) is 0.913. The Bertz CT molecular complexity index is 158. The molecule has 0 unspecified atom stereocenters. The Morgan fingerprint density at radius 3 is 1.45 bits per heavy atom. The van der Waals surface area contributed by atoms with E-state index in [4.69, 9.17) is 0 Å². The summed E-state index contributed by atoms with van der Waals surface area (Å²) in [5.41, 5.74) is 5.31. The molecule has 0 aliphatic carbocycles. The zero-order valence-electron chi connectivity index (χ0n) is 5.73. The minimum Gasteiger partial charge on any atom is -0.394 e. The van der Waals surface area contributed by atoms with Gasteiger partial charge in [-0.1, -0.05) is 0 Å². The quantitative estimate of drug-likeness (QED) is 0.513. The van der Waals surface area contributed by atoms with E-state index in [1.165, 1.54) is 22.7 Å². The predicted molar refractivity (Wildman–Crippen MR) is 41.9 cm³/mol. The molecule has 0 saturated carbocycles. The van der Waals surface area contributed by atoms with Gasteiger partial charge in [-0.25, -0.2) is 0 Å². The summed E-state index contributed by atoms with van der Waals surface area (Å²) in [5, 5.41) is 3.75. The molecular formula is C6H4N2S2Zn. The molecule has 2 nitrogen and oxygen atoms in total. The summed E-state index contributed by atoms with van der Waals surface area (Å²) in [4.78, 5) is 7.23. The second-order valence-corrected chi connectivity index (χ2v) is 2.63. The Balaban J connectivity index is 0.000000167. The molecule has 0 aromatic carbocycles. The Hall–Kier alpha value is -0.117. The fraction of sp³-hybridized carbons (Fsp3) is 0. The second-order valence-electron chi connectivity index (χ2n) is 1.25. The van der Waals surface area contributed by atoms with Crippen molar-refractivity contribution in [3.8, 4) is 0 Å². The van der Waals surface area contributed by atoms with Crippen LogP contribution in [0, 0.1) is 11.0 Å². The van der Waals surface area contributed by atoms with Crippen LogP contribution in [0.4, 0.5) is 0 Å². The van der Waals surface area contributed by atoms with E-state index in [0.717, 1.165) is 0 Å². The number of aromatic nitrogens is 2. The van der Waals surface area contributed by atoms with Gasteiger partial charge >= 0.3 is 19.5 Å². The molecule has 2 aromatic heterocycles. The molecule has 2 heterocycles. The average Bonchev–Trinajstić information content (AvgIpc) is 2.67. The molecule has 0 amide bonds.